The lowest BCUT2D eigenvalue weighted by atomic mass is 9.86. The molecule has 164 valence electrons. The van der Waals surface area contributed by atoms with Crippen molar-refractivity contribution in [3.05, 3.63) is 119 Å². The lowest BCUT2D eigenvalue weighted by Gasteiger charge is -2.24. The second-order valence-electron chi connectivity index (χ2n) is 9.18. The van der Waals surface area contributed by atoms with E-state index in [0.29, 0.717) is 18.7 Å². The smallest absolute Gasteiger partial charge is 0.254 e. The summed E-state index contributed by atoms with van der Waals surface area (Å²) in [5, 5.41) is 0. The molecule has 0 spiro atoms. The molecular weight excluding hydrogens is 396 g/mol. The first-order valence-corrected chi connectivity index (χ1v) is 11.0. The van der Waals surface area contributed by atoms with Crippen molar-refractivity contribution < 1.29 is 9.21 Å². The molecule has 0 bridgehead atoms. The van der Waals surface area contributed by atoms with Gasteiger partial charge >= 0.3 is 0 Å². The fourth-order valence-electron chi connectivity index (χ4n) is 3.81. The first-order valence-electron chi connectivity index (χ1n) is 11.0. The first-order chi connectivity index (χ1) is 15.4. The Kier molecular flexibility index (Phi) is 6.31. The third-order valence-corrected chi connectivity index (χ3v) is 5.68. The normalized spacial score (nSPS) is 11.5. The van der Waals surface area contributed by atoms with Gasteiger partial charge in [0.05, 0.1) is 19.4 Å². The Morgan fingerprint density at radius 2 is 1.62 bits per heavy atom. The Bertz CT molecular complexity index is 1130. The van der Waals surface area contributed by atoms with E-state index in [9.17, 15) is 4.79 Å². The Hall–Kier alpha value is -3.53. The molecule has 0 aliphatic heterocycles. The number of furan rings is 1. The number of carbonyl (C=O) groups excluding carboxylic acids is 1. The van der Waals surface area contributed by atoms with Gasteiger partial charge in [0.1, 0.15) is 5.76 Å². The van der Waals surface area contributed by atoms with E-state index in [4.69, 9.17) is 4.42 Å². The van der Waals surface area contributed by atoms with Gasteiger partial charge in [-0.3, -0.25) is 4.79 Å². The molecule has 0 unspecified atom stereocenters. The number of rotatable bonds is 7. The first kappa shape index (κ1) is 21.7. The molecule has 2 heterocycles. The molecule has 4 aromatic rings. The molecule has 0 N–H and O–H groups in total. The molecule has 0 radical (unpaired) electrons. The second kappa shape index (κ2) is 9.31. The number of hydrogen-bond donors (Lipinski definition) is 0. The van der Waals surface area contributed by atoms with Crippen molar-refractivity contribution in [3.8, 4) is 0 Å². The van der Waals surface area contributed by atoms with Gasteiger partial charge in [-0.1, -0.05) is 63.2 Å². The van der Waals surface area contributed by atoms with Gasteiger partial charge in [-0.2, -0.15) is 0 Å². The van der Waals surface area contributed by atoms with Crippen LogP contribution in [0.25, 0.3) is 0 Å². The summed E-state index contributed by atoms with van der Waals surface area (Å²) in [7, 11) is 0. The quantitative estimate of drug-likeness (QED) is 0.349. The van der Waals surface area contributed by atoms with Crippen LogP contribution in [-0.4, -0.2) is 15.4 Å². The summed E-state index contributed by atoms with van der Waals surface area (Å²) in [6.45, 7) is 8.21. The average molecular weight is 427 g/mol. The molecule has 2 aromatic heterocycles. The fraction of sp³-hybridized carbons (Fsp3) is 0.250. The molecule has 0 aliphatic carbocycles. The molecule has 0 aliphatic rings. The minimum atomic E-state index is -0.00526. The zero-order valence-electron chi connectivity index (χ0n) is 19.0. The maximum absolute atomic E-state index is 13.5. The molecule has 0 atom stereocenters. The summed E-state index contributed by atoms with van der Waals surface area (Å²) in [4.78, 5) is 15.4. The second-order valence-corrected chi connectivity index (χ2v) is 9.18. The van der Waals surface area contributed by atoms with Crippen molar-refractivity contribution in [3.63, 3.8) is 0 Å². The maximum atomic E-state index is 13.5. The van der Waals surface area contributed by atoms with E-state index >= 15 is 0 Å². The van der Waals surface area contributed by atoms with Crippen LogP contribution in [0.1, 0.15) is 53.7 Å². The Morgan fingerprint density at radius 1 is 0.875 bits per heavy atom. The zero-order chi connectivity index (χ0) is 22.6. The van der Waals surface area contributed by atoms with E-state index in [1.807, 2.05) is 53.4 Å². The monoisotopic (exact) mass is 426 g/mol. The van der Waals surface area contributed by atoms with Crippen molar-refractivity contribution in [2.45, 2.75) is 45.8 Å². The molecule has 32 heavy (non-hydrogen) atoms. The molecule has 1 amide bonds. The summed E-state index contributed by atoms with van der Waals surface area (Å²) in [5.41, 5.74) is 4.26. The van der Waals surface area contributed by atoms with Crippen LogP contribution in [0, 0.1) is 0 Å². The van der Waals surface area contributed by atoms with Crippen LogP contribution in [0.2, 0.25) is 0 Å². The Balaban J connectivity index is 1.58. The van der Waals surface area contributed by atoms with Gasteiger partial charge in [-0.25, -0.2) is 0 Å². The number of amides is 1. The van der Waals surface area contributed by atoms with E-state index < -0.39 is 0 Å². The third kappa shape index (κ3) is 5.20. The van der Waals surface area contributed by atoms with Crippen molar-refractivity contribution in [1.29, 1.82) is 0 Å². The molecule has 0 saturated carbocycles. The van der Waals surface area contributed by atoms with Crippen molar-refractivity contribution in [2.24, 2.45) is 0 Å². The highest BCUT2D eigenvalue weighted by Gasteiger charge is 2.20. The predicted octanol–water partition coefficient (Wildman–Crippen LogP) is 6.27. The molecular formula is C28H30N2O2. The van der Waals surface area contributed by atoms with Gasteiger partial charge < -0.3 is 13.9 Å². The third-order valence-electron chi connectivity index (χ3n) is 5.68. The standard InChI is InChI=1S/C28H30N2O2/c1-28(2,3)24-15-13-23(14-16-24)27(31)30(21-26-12-8-18-32-26)20-25-11-7-17-29(25)19-22-9-5-4-6-10-22/h4-18H,19-21H2,1-3H3. The number of carbonyl (C=O) groups is 1. The summed E-state index contributed by atoms with van der Waals surface area (Å²) in [5.74, 6) is 0.764. The Labute approximate surface area is 190 Å². The minimum Gasteiger partial charge on any atom is -0.467 e. The van der Waals surface area contributed by atoms with Gasteiger partial charge in [0.15, 0.2) is 0 Å². The van der Waals surface area contributed by atoms with E-state index in [1.54, 1.807) is 6.26 Å². The summed E-state index contributed by atoms with van der Waals surface area (Å²) in [6.07, 6.45) is 3.71. The van der Waals surface area contributed by atoms with Gasteiger partial charge in [-0.15, -0.1) is 0 Å². The summed E-state index contributed by atoms with van der Waals surface area (Å²) < 4.78 is 7.75. The topological polar surface area (TPSA) is 38.4 Å². The largest absolute Gasteiger partial charge is 0.467 e. The molecule has 4 heteroatoms. The lowest BCUT2D eigenvalue weighted by Crippen LogP contribution is -2.31. The number of benzene rings is 2. The molecule has 4 rings (SSSR count). The molecule has 0 saturated heterocycles. The maximum Gasteiger partial charge on any atom is 0.254 e. The molecule has 0 fully saturated rings. The van der Waals surface area contributed by atoms with Gasteiger partial charge in [0, 0.05) is 24.0 Å². The van der Waals surface area contributed by atoms with Crippen LogP contribution in [0.3, 0.4) is 0 Å². The molecule has 2 aromatic carbocycles. The lowest BCUT2D eigenvalue weighted by molar-refractivity contribution is 0.0713. The summed E-state index contributed by atoms with van der Waals surface area (Å²) in [6, 6.07) is 26.2. The van der Waals surface area contributed by atoms with Crippen LogP contribution < -0.4 is 0 Å². The minimum absolute atomic E-state index is 0.00526. The van der Waals surface area contributed by atoms with E-state index in [-0.39, 0.29) is 11.3 Å². The van der Waals surface area contributed by atoms with Crippen LogP contribution in [0.4, 0.5) is 0 Å². The highest BCUT2D eigenvalue weighted by molar-refractivity contribution is 5.94. The van der Waals surface area contributed by atoms with Gasteiger partial charge in [0.2, 0.25) is 0 Å². The van der Waals surface area contributed by atoms with Crippen molar-refractivity contribution in [2.75, 3.05) is 0 Å². The fourth-order valence-corrected chi connectivity index (χ4v) is 3.81. The number of nitrogens with zero attached hydrogens (tertiary/aromatic N) is 2. The van der Waals surface area contributed by atoms with E-state index in [1.165, 1.54) is 11.1 Å². The van der Waals surface area contributed by atoms with Crippen LogP contribution >= 0.6 is 0 Å². The average Bonchev–Trinajstić information content (AvgIpc) is 3.45. The van der Waals surface area contributed by atoms with Crippen molar-refractivity contribution in [1.82, 2.24) is 9.47 Å². The summed E-state index contributed by atoms with van der Waals surface area (Å²) >= 11 is 0. The zero-order valence-corrected chi connectivity index (χ0v) is 19.0. The van der Waals surface area contributed by atoms with Crippen LogP contribution in [0.15, 0.2) is 95.7 Å². The Morgan fingerprint density at radius 3 is 2.28 bits per heavy atom. The number of aromatic nitrogens is 1. The van der Waals surface area contributed by atoms with E-state index in [2.05, 4.69) is 61.9 Å². The predicted molar refractivity (Wildman–Crippen MR) is 127 cm³/mol. The number of hydrogen-bond acceptors (Lipinski definition) is 2. The van der Waals surface area contributed by atoms with Gasteiger partial charge in [0.25, 0.3) is 5.91 Å². The van der Waals surface area contributed by atoms with Crippen molar-refractivity contribution >= 4 is 5.91 Å². The highest BCUT2D eigenvalue weighted by Crippen LogP contribution is 2.23. The SMILES string of the molecule is CC(C)(C)c1ccc(C(=O)N(Cc2ccco2)Cc2cccn2Cc2ccccc2)cc1. The van der Waals surface area contributed by atoms with Gasteiger partial charge in [-0.05, 0) is 52.9 Å². The highest BCUT2D eigenvalue weighted by atomic mass is 16.3. The van der Waals surface area contributed by atoms with Crippen LogP contribution in [0.5, 0.6) is 0 Å². The van der Waals surface area contributed by atoms with Crippen LogP contribution in [-0.2, 0) is 25.0 Å². The molecule has 4 nitrogen and oxygen atoms in total. The van der Waals surface area contributed by atoms with E-state index in [0.717, 1.165) is 18.0 Å².